The van der Waals surface area contributed by atoms with Gasteiger partial charge in [0.25, 0.3) is 0 Å². The number of hydrogen-bond acceptors (Lipinski definition) is 4. The smallest absolute Gasteiger partial charge is 0.321 e. The van der Waals surface area contributed by atoms with Crippen molar-refractivity contribution in [1.29, 1.82) is 0 Å². The number of halogens is 2. The molecule has 1 aliphatic carbocycles. The summed E-state index contributed by atoms with van der Waals surface area (Å²) < 4.78 is 29.8. The highest BCUT2D eigenvalue weighted by Crippen LogP contribution is 2.43. The summed E-state index contributed by atoms with van der Waals surface area (Å²) in [5, 5.41) is 14.8. The Morgan fingerprint density at radius 1 is 1.05 bits per heavy atom. The summed E-state index contributed by atoms with van der Waals surface area (Å²) in [5.41, 5.74) is 4.38. The third-order valence-electron chi connectivity index (χ3n) is 9.80. The Labute approximate surface area is 254 Å². The number of aliphatic carboxylic acids is 1. The number of benzene rings is 2. The van der Waals surface area contributed by atoms with E-state index in [1.165, 1.54) is 23.9 Å². The molecule has 232 valence electrons. The zero-order valence-corrected chi connectivity index (χ0v) is 25.9. The minimum Gasteiger partial charge on any atom is -0.480 e. The van der Waals surface area contributed by atoms with Crippen molar-refractivity contribution in [3.05, 3.63) is 88.7 Å². The summed E-state index contributed by atoms with van der Waals surface area (Å²) in [7, 11) is 1.95. The van der Waals surface area contributed by atoms with Gasteiger partial charge in [0, 0.05) is 37.2 Å². The molecule has 1 aliphatic heterocycles. The normalized spacial score (nSPS) is 22.5. The monoisotopic (exact) mass is 592 g/mol. The quantitative estimate of drug-likeness (QED) is 0.274. The molecule has 3 unspecified atom stereocenters. The first kappa shape index (κ1) is 31.3. The highest BCUT2D eigenvalue weighted by atomic mass is 19.1. The Kier molecular flexibility index (Phi) is 9.97. The van der Waals surface area contributed by atoms with Crippen LogP contribution in [0, 0.1) is 23.5 Å². The fourth-order valence-electron chi connectivity index (χ4n) is 7.64. The molecule has 8 heteroatoms. The van der Waals surface area contributed by atoms with E-state index in [4.69, 9.17) is 5.10 Å². The lowest BCUT2D eigenvalue weighted by Crippen LogP contribution is -2.47. The predicted octanol–water partition coefficient (Wildman–Crippen LogP) is 6.55. The standard InChI is InChI=1S/C35H46F2N4O2/c1-5-41-33(20-30(38-41)17-24-9-11-28(36)12-10-24)25-13-15-40(16-14-25)22-27-19-31(39(4)34(23(2)3)35(42)43)21-32(27)26-7-6-8-29(37)18-26/h6-12,18,20,23,25,27,31-32,34H,5,13-17,19,21-22H2,1-4H3,(H,42,43)/t27?,31?,32?,34-/m1/s1. The average Bonchev–Trinajstić information content (AvgIpc) is 3.58. The number of aryl methyl sites for hydroxylation is 1. The molecule has 0 spiro atoms. The van der Waals surface area contributed by atoms with Gasteiger partial charge in [0.05, 0.1) is 5.69 Å². The van der Waals surface area contributed by atoms with Crippen LogP contribution in [-0.4, -0.2) is 69.4 Å². The Balaban J connectivity index is 1.26. The van der Waals surface area contributed by atoms with Gasteiger partial charge in [-0.1, -0.05) is 38.1 Å². The first-order valence-electron chi connectivity index (χ1n) is 15.9. The molecule has 2 aliphatic rings. The number of carbonyl (C=O) groups is 1. The Hall–Kier alpha value is -3.10. The van der Waals surface area contributed by atoms with Crippen molar-refractivity contribution in [1.82, 2.24) is 19.6 Å². The highest BCUT2D eigenvalue weighted by molar-refractivity contribution is 5.73. The molecule has 2 heterocycles. The van der Waals surface area contributed by atoms with E-state index in [1.54, 1.807) is 12.1 Å². The minimum atomic E-state index is -0.780. The van der Waals surface area contributed by atoms with Gasteiger partial charge < -0.3 is 10.0 Å². The molecule has 2 fully saturated rings. The maximum Gasteiger partial charge on any atom is 0.321 e. The van der Waals surface area contributed by atoms with E-state index in [1.807, 2.05) is 39.1 Å². The number of piperidine rings is 1. The molecule has 6 nitrogen and oxygen atoms in total. The summed E-state index contributed by atoms with van der Waals surface area (Å²) in [6, 6.07) is 15.5. The second kappa shape index (κ2) is 13.7. The Morgan fingerprint density at radius 3 is 2.40 bits per heavy atom. The SMILES string of the molecule is CCn1nc(Cc2ccc(F)cc2)cc1C1CCN(CC2CC(N(C)[C@@H](C(=O)O)C(C)C)CC2c2cccc(F)c2)CC1. The maximum atomic E-state index is 14.3. The lowest BCUT2D eigenvalue weighted by atomic mass is 9.87. The number of rotatable bonds is 11. The van der Waals surface area contributed by atoms with Crippen LogP contribution >= 0.6 is 0 Å². The van der Waals surface area contributed by atoms with E-state index in [2.05, 4.69) is 27.5 Å². The third-order valence-corrected chi connectivity index (χ3v) is 9.80. The number of carboxylic acids is 1. The van der Waals surface area contributed by atoms with Crippen LogP contribution in [0.2, 0.25) is 0 Å². The molecule has 0 radical (unpaired) electrons. The molecular weight excluding hydrogens is 546 g/mol. The van der Waals surface area contributed by atoms with E-state index < -0.39 is 12.0 Å². The fourth-order valence-corrected chi connectivity index (χ4v) is 7.64. The minimum absolute atomic E-state index is 0.000890. The lowest BCUT2D eigenvalue weighted by molar-refractivity contribution is -0.145. The van der Waals surface area contributed by atoms with E-state index in [0.717, 1.165) is 68.7 Å². The Bertz CT molecular complexity index is 1370. The number of hydrogen-bond donors (Lipinski definition) is 1. The summed E-state index contributed by atoms with van der Waals surface area (Å²) in [6.07, 6.45) is 4.54. The number of likely N-dealkylation sites (N-methyl/N-ethyl adjacent to an activating group) is 1. The summed E-state index contributed by atoms with van der Waals surface area (Å²) in [5.74, 6) is -0.259. The van der Waals surface area contributed by atoms with Crippen LogP contribution in [-0.2, 0) is 17.8 Å². The Morgan fingerprint density at radius 2 is 1.77 bits per heavy atom. The molecule has 0 amide bonds. The van der Waals surface area contributed by atoms with E-state index in [9.17, 15) is 18.7 Å². The second-order valence-electron chi connectivity index (χ2n) is 13.0. The fraction of sp³-hybridized carbons (Fsp3) is 0.543. The number of carboxylic acid groups (broad SMARTS) is 1. The molecule has 1 aromatic heterocycles. The first-order chi connectivity index (χ1) is 20.6. The van der Waals surface area contributed by atoms with Gasteiger partial charge in [0.2, 0.25) is 0 Å². The zero-order chi connectivity index (χ0) is 30.7. The first-order valence-corrected chi connectivity index (χ1v) is 15.9. The van der Waals surface area contributed by atoms with Crippen LogP contribution in [0.1, 0.15) is 80.8 Å². The van der Waals surface area contributed by atoms with Crippen molar-refractivity contribution in [2.24, 2.45) is 11.8 Å². The van der Waals surface area contributed by atoms with Gasteiger partial charge in [0.1, 0.15) is 17.7 Å². The predicted molar refractivity (Wildman–Crippen MR) is 165 cm³/mol. The van der Waals surface area contributed by atoms with E-state index >= 15 is 0 Å². The van der Waals surface area contributed by atoms with Crippen LogP contribution in [0.15, 0.2) is 54.6 Å². The van der Waals surface area contributed by atoms with Gasteiger partial charge in [-0.15, -0.1) is 0 Å². The molecule has 1 saturated carbocycles. The molecule has 1 saturated heterocycles. The van der Waals surface area contributed by atoms with Crippen molar-refractivity contribution in [3.63, 3.8) is 0 Å². The van der Waals surface area contributed by atoms with Gasteiger partial charge in [0.15, 0.2) is 0 Å². The van der Waals surface area contributed by atoms with Gasteiger partial charge in [-0.2, -0.15) is 5.10 Å². The van der Waals surface area contributed by atoms with Crippen molar-refractivity contribution >= 4 is 5.97 Å². The van der Waals surface area contributed by atoms with Crippen LogP contribution in [0.4, 0.5) is 8.78 Å². The summed E-state index contributed by atoms with van der Waals surface area (Å²) in [6.45, 7) is 9.78. The maximum absolute atomic E-state index is 14.3. The molecule has 0 bridgehead atoms. The van der Waals surface area contributed by atoms with Gasteiger partial charge in [-0.3, -0.25) is 14.4 Å². The van der Waals surface area contributed by atoms with Crippen LogP contribution < -0.4 is 0 Å². The number of nitrogens with zero attached hydrogens (tertiary/aromatic N) is 4. The van der Waals surface area contributed by atoms with Crippen molar-refractivity contribution in [2.75, 3.05) is 26.7 Å². The third kappa shape index (κ3) is 7.35. The second-order valence-corrected chi connectivity index (χ2v) is 13.0. The number of likely N-dealkylation sites (tertiary alicyclic amines) is 1. The zero-order valence-electron chi connectivity index (χ0n) is 25.9. The highest BCUT2D eigenvalue weighted by Gasteiger charge is 2.42. The molecule has 4 atom stereocenters. The summed E-state index contributed by atoms with van der Waals surface area (Å²) >= 11 is 0. The van der Waals surface area contributed by atoms with Crippen LogP contribution in [0.25, 0.3) is 0 Å². The topological polar surface area (TPSA) is 61.6 Å². The van der Waals surface area contributed by atoms with Crippen LogP contribution in [0.5, 0.6) is 0 Å². The average molecular weight is 593 g/mol. The molecule has 43 heavy (non-hydrogen) atoms. The molecule has 3 aromatic rings. The van der Waals surface area contributed by atoms with Crippen LogP contribution in [0.3, 0.4) is 0 Å². The van der Waals surface area contributed by atoms with Crippen molar-refractivity contribution in [2.45, 2.75) is 83.3 Å². The largest absolute Gasteiger partial charge is 0.480 e. The van der Waals surface area contributed by atoms with Gasteiger partial charge in [-0.05, 0) is 112 Å². The van der Waals surface area contributed by atoms with Crippen molar-refractivity contribution in [3.8, 4) is 0 Å². The number of aromatic nitrogens is 2. The van der Waals surface area contributed by atoms with Crippen molar-refractivity contribution < 1.29 is 18.7 Å². The van der Waals surface area contributed by atoms with Gasteiger partial charge in [-0.25, -0.2) is 8.78 Å². The lowest BCUT2D eigenvalue weighted by Gasteiger charge is -2.35. The molecule has 2 aromatic carbocycles. The molecule has 1 N–H and O–H groups in total. The van der Waals surface area contributed by atoms with Gasteiger partial charge >= 0.3 is 5.97 Å². The molecule has 5 rings (SSSR count). The summed E-state index contributed by atoms with van der Waals surface area (Å²) in [4.78, 5) is 16.7. The van der Waals surface area contributed by atoms with E-state index in [0.29, 0.717) is 18.3 Å². The molecular formula is C35H46F2N4O2. The van der Waals surface area contributed by atoms with E-state index in [-0.39, 0.29) is 29.5 Å².